The Kier molecular flexibility index (Phi) is 6.87. The molecule has 0 unspecified atom stereocenters. The number of alkyl carbamates (subject to hydrolysis) is 1. The molecule has 2 aromatic carbocycles. The van der Waals surface area contributed by atoms with Crippen LogP contribution in [0.5, 0.6) is 0 Å². The van der Waals surface area contributed by atoms with Crippen LogP contribution >= 0.6 is 12.2 Å². The first-order valence-electron chi connectivity index (χ1n) is 9.29. The van der Waals surface area contributed by atoms with E-state index in [-0.39, 0.29) is 10.9 Å². The van der Waals surface area contributed by atoms with Crippen LogP contribution in [0.4, 0.5) is 10.5 Å². The summed E-state index contributed by atoms with van der Waals surface area (Å²) in [7, 11) is 1.25. The first-order valence-corrected chi connectivity index (χ1v) is 9.70. The first-order chi connectivity index (χ1) is 14.5. The van der Waals surface area contributed by atoms with Crippen LogP contribution in [0.25, 0.3) is 0 Å². The second-order valence-electron chi connectivity index (χ2n) is 6.67. The zero-order valence-electron chi connectivity index (χ0n) is 16.4. The average molecular weight is 420 g/mol. The summed E-state index contributed by atoms with van der Waals surface area (Å²) in [5, 5.41) is 13.3. The highest BCUT2D eigenvalue weighted by atomic mass is 32.1. The molecule has 0 bridgehead atoms. The lowest BCUT2D eigenvalue weighted by atomic mass is 9.92. The SMILES string of the molecule is COC(=O)NC(=S)Nc1ccc(C(=O)c2ccccc2)c(CC2=CC(=N)CC=C2)c1. The molecular weight excluding hydrogens is 398 g/mol. The van der Waals surface area contributed by atoms with Crippen molar-refractivity contribution >= 4 is 40.6 Å². The van der Waals surface area contributed by atoms with E-state index < -0.39 is 6.09 Å². The number of carbonyl (C=O) groups is 2. The van der Waals surface area contributed by atoms with E-state index in [9.17, 15) is 9.59 Å². The molecule has 1 aliphatic rings. The molecule has 1 amide bonds. The molecule has 3 N–H and O–H groups in total. The average Bonchev–Trinajstić information content (AvgIpc) is 2.74. The van der Waals surface area contributed by atoms with Crippen molar-refractivity contribution in [2.24, 2.45) is 0 Å². The van der Waals surface area contributed by atoms with Crippen LogP contribution in [0.15, 0.2) is 72.3 Å². The fourth-order valence-corrected chi connectivity index (χ4v) is 3.29. The summed E-state index contributed by atoms with van der Waals surface area (Å²) in [6, 6.07) is 14.4. The van der Waals surface area contributed by atoms with Crippen molar-refractivity contribution in [3.8, 4) is 0 Å². The summed E-state index contributed by atoms with van der Waals surface area (Å²) in [6.07, 6.45) is 6.15. The van der Waals surface area contributed by atoms with Crippen LogP contribution < -0.4 is 10.6 Å². The lowest BCUT2D eigenvalue weighted by molar-refractivity contribution is 0.103. The van der Waals surface area contributed by atoms with Gasteiger partial charge in [-0.3, -0.25) is 10.1 Å². The number of nitrogens with one attached hydrogen (secondary N) is 3. The van der Waals surface area contributed by atoms with E-state index in [0.717, 1.165) is 11.1 Å². The minimum Gasteiger partial charge on any atom is -0.453 e. The van der Waals surface area contributed by atoms with Crippen molar-refractivity contribution < 1.29 is 14.3 Å². The molecule has 1 aliphatic carbocycles. The third-order valence-electron chi connectivity index (χ3n) is 4.47. The van der Waals surface area contributed by atoms with Gasteiger partial charge in [-0.25, -0.2) is 4.79 Å². The summed E-state index contributed by atoms with van der Waals surface area (Å²) >= 11 is 5.12. The number of ketones is 1. The molecule has 0 saturated heterocycles. The molecule has 0 heterocycles. The summed E-state index contributed by atoms with van der Waals surface area (Å²) < 4.78 is 4.54. The van der Waals surface area contributed by atoms with Gasteiger partial charge in [0.05, 0.1) is 7.11 Å². The maximum Gasteiger partial charge on any atom is 0.413 e. The van der Waals surface area contributed by atoms with Crippen molar-refractivity contribution in [2.45, 2.75) is 12.8 Å². The highest BCUT2D eigenvalue weighted by molar-refractivity contribution is 7.80. The van der Waals surface area contributed by atoms with Crippen LogP contribution in [0, 0.1) is 5.41 Å². The van der Waals surface area contributed by atoms with Crippen molar-refractivity contribution in [2.75, 3.05) is 12.4 Å². The molecule has 0 atom stereocenters. The summed E-state index contributed by atoms with van der Waals surface area (Å²) in [6.45, 7) is 0. The number of benzene rings is 2. The van der Waals surface area contributed by atoms with Crippen LogP contribution in [-0.4, -0.2) is 29.8 Å². The van der Waals surface area contributed by atoms with Crippen molar-refractivity contribution in [3.63, 3.8) is 0 Å². The van der Waals surface area contributed by atoms with E-state index in [0.29, 0.717) is 35.4 Å². The first kappa shape index (κ1) is 21.1. The lowest BCUT2D eigenvalue weighted by Gasteiger charge is -2.15. The van der Waals surface area contributed by atoms with E-state index in [1.807, 2.05) is 42.5 Å². The second kappa shape index (κ2) is 9.76. The Morgan fingerprint density at radius 3 is 2.63 bits per heavy atom. The minimum atomic E-state index is -0.667. The summed E-state index contributed by atoms with van der Waals surface area (Å²) in [4.78, 5) is 24.4. The van der Waals surface area contributed by atoms with Crippen molar-refractivity contribution in [1.29, 1.82) is 5.41 Å². The minimum absolute atomic E-state index is 0.0807. The molecule has 3 rings (SSSR count). The Labute approximate surface area is 180 Å². The Morgan fingerprint density at radius 1 is 1.17 bits per heavy atom. The molecule has 7 heteroatoms. The molecular formula is C23H21N3O3S. The maximum absolute atomic E-state index is 13.1. The van der Waals surface area contributed by atoms with Gasteiger partial charge in [0, 0.05) is 28.9 Å². The molecule has 0 saturated carbocycles. The van der Waals surface area contributed by atoms with Gasteiger partial charge in [-0.1, -0.05) is 42.5 Å². The highest BCUT2D eigenvalue weighted by Crippen LogP contribution is 2.24. The number of methoxy groups -OCH3 is 1. The second-order valence-corrected chi connectivity index (χ2v) is 7.07. The predicted molar refractivity (Wildman–Crippen MR) is 121 cm³/mol. The molecule has 0 aliphatic heterocycles. The van der Waals surface area contributed by atoms with Crippen LogP contribution in [0.1, 0.15) is 27.9 Å². The Balaban J connectivity index is 1.92. The monoisotopic (exact) mass is 419 g/mol. The van der Waals surface area contributed by atoms with Gasteiger partial charge in [-0.05, 0) is 54.1 Å². The van der Waals surface area contributed by atoms with E-state index >= 15 is 0 Å². The highest BCUT2D eigenvalue weighted by Gasteiger charge is 2.16. The lowest BCUT2D eigenvalue weighted by Crippen LogP contribution is -2.33. The number of hydrogen-bond acceptors (Lipinski definition) is 5. The third-order valence-corrected chi connectivity index (χ3v) is 4.67. The largest absolute Gasteiger partial charge is 0.453 e. The zero-order chi connectivity index (χ0) is 21.5. The van der Waals surface area contributed by atoms with Gasteiger partial charge in [0.1, 0.15) is 0 Å². The number of thiocarbonyl (C=S) groups is 1. The topological polar surface area (TPSA) is 91.3 Å². The van der Waals surface area contributed by atoms with E-state index in [2.05, 4.69) is 15.4 Å². The molecule has 0 spiro atoms. The molecule has 0 aromatic heterocycles. The standard InChI is InChI=1S/C23H21N3O3S/c1-29-23(28)26-22(30)25-19-10-11-20(21(27)16-7-3-2-4-8-16)17(14-19)12-15-6-5-9-18(24)13-15/h2-8,10-11,13-14,24H,9,12H2,1H3,(H2,25,26,28,30). The van der Waals surface area contributed by atoms with E-state index in [1.165, 1.54) is 7.11 Å². The van der Waals surface area contributed by atoms with E-state index in [1.54, 1.807) is 24.3 Å². The number of hydrogen-bond donors (Lipinski definition) is 3. The van der Waals surface area contributed by atoms with Gasteiger partial charge in [-0.2, -0.15) is 0 Å². The fraction of sp³-hybridized carbons (Fsp3) is 0.130. The maximum atomic E-state index is 13.1. The molecule has 152 valence electrons. The van der Waals surface area contributed by atoms with Crippen molar-refractivity contribution in [3.05, 3.63) is 89.0 Å². The van der Waals surface area contributed by atoms with Crippen LogP contribution in [-0.2, 0) is 11.2 Å². The van der Waals surface area contributed by atoms with Gasteiger partial charge >= 0.3 is 6.09 Å². The van der Waals surface area contributed by atoms with Gasteiger partial charge < -0.3 is 15.5 Å². The van der Waals surface area contributed by atoms with Crippen LogP contribution in [0.2, 0.25) is 0 Å². The molecule has 2 aromatic rings. The van der Waals surface area contributed by atoms with Crippen LogP contribution in [0.3, 0.4) is 0 Å². The number of amides is 1. The van der Waals surface area contributed by atoms with E-state index in [4.69, 9.17) is 17.6 Å². The van der Waals surface area contributed by atoms with Gasteiger partial charge in [0.2, 0.25) is 0 Å². The Bertz CT molecular complexity index is 1060. The smallest absolute Gasteiger partial charge is 0.413 e. The number of rotatable bonds is 5. The summed E-state index contributed by atoms with van der Waals surface area (Å²) in [5.41, 5.74) is 4.07. The Morgan fingerprint density at radius 2 is 1.93 bits per heavy atom. The third kappa shape index (κ3) is 5.48. The number of carbonyl (C=O) groups excluding carboxylic acids is 2. The van der Waals surface area contributed by atoms with Gasteiger partial charge in [0.15, 0.2) is 10.9 Å². The molecule has 0 radical (unpaired) electrons. The predicted octanol–water partition coefficient (Wildman–Crippen LogP) is 4.42. The molecule has 30 heavy (non-hydrogen) atoms. The summed E-state index contributed by atoms with van der Waals surface area (Å²) in [5.74, 6) is -0.0807. The zero-order valence-corrected chi connectivity index (χ0v) is 17.2. The fourth-order valence-electron chi connectivity index (χ4n) is 3.09. The quantitative estimate of drug-likeness (QED) is 0.493. The van der Waals surface area contributed by atoms with Gasteiger partial charge in [-0.15, -0.1) is 0 Å². The number of anilines is 1. The molecule has 6 nitrogen and oxygen atoms in total. The normalized spacial score (nSPS) is 12.7. The number of allylic oxidation sites excluding steroid dienone is 4. The Hall–Kier alpha value is -3.58. The number of ether oxygens (including phenoxy) is 1. The van der Waals surface area contributed by atoms with Gasteiger partial charge in [0.25, 0.3) is 0 Å². The van der Waals surface area contributed by atoms with Crippen molar-refractivity contribution in [1.82, 2.24) is 5.32 Å². The molecule has 0 fully saturated rings.